The van der Waals surface area contributed by atoms with E-state index < -0.39 is 0 Å². The summed E-state index contributed by atoms with van der Waals surface area (Å²) in [6, 6.07) is 8.58. The van der Waals surface area contributed by atoms with E-state index in [0.29, 0.717) is 6.04 Å². The first-order valence-electron chi connectivity index (χ1n) is 7.07. The van der Waals surface area contributed by atoms with Gasteiger partial charge in [-0.3, -0.25) is 0 Å². The van der Waals surface area contributed by atoms with Crippen molar-refractivity contribution in [2.75, 3.05) is 13.7 Å². The van der Waals surface area contributed by atoms with Crippen LogP contribution < -0.4 is 10.1 Å². The smallest absolute Gasteiger partial charge is 0.118 e. The van der Waals surface area contributed by atoms with Crippen molar-refractivity contribution in [2.24, 2.45) is 7.05 Å². The van der Waals surface area contributed by atoms with Crippen molar-refractivity contribution >= 4 is 0 Å². The maximum atomic E-state index is 5.18. The Balaban J connectivity index is 1.97. The molecule has 0 aliphatic heterocycles. The van der Waals surface area contributed by atoms with Gasteiger partial charge in [0.15, 0.2) is 0 Å². The van der Waals surface area contributed by atoms with Gasteiger partial charge in [-0.2, -0.15) is 0 Å². The van der Waals surface area contributed by atoms with Gasteiger partial charge in [-0.05, 0) is 37.1 Å². The Bertz CT molecular complexity index is 519. The van der Waals surface area contributed by atoms with E-state index in [-0.39, 0.29) is 0 Å². The molecule has 0 aliphatic carbocycles. The number of nitrogens with one attached hydrogen (secondary N) is 1. The van der Waals surface area contributed by atoms with Gasteiger partial charge < -0.3 is 14.6 Å². The number of aromatic nitrogens is 2. The van der Waals surface area contributed by atoms with Gasteiger partial charge in [-0.15, -0.1) is 0 Å². The highest BCUT2D eigenvalue weighted by Gasteiger charge is 2.12. The topological polar surface area (TPSA) is 39.1 Å². The highest BCUT2D eigenvalue weighted by atomic mass is 16.5. The molecular weight excluding hydrogens is 250 g/mol. The first kappa shape index (κ1) is 14.6. The molecule has 20 heavy (non-hydrogen) atoms. The summed E-state index contributed by atoms with van der Waals surface area (Å²) in [5.74, 6) is 0.904. The minimum absolute atomic E-state index is 0.309. The summed E-state index contributed by atoms with van der Waals surface area (Å²) in [7, 11) is 3.69. The predicted molar refractivity (Wildman–Crippen MR) is 80.9 cm³/mol. The van der Waals surface area contributed by atoms with Crippen molar-refractivity contribution in [1.82, 2.24) is 14.9 Å². The van der Waals surface area contributed by atoms with Crippen molar-refractivity contribution in [1.29, 1.82) is 0 Å². The number of benzene rings is 1. The quantitative estimate of drug-likeness (QED) is 0.843. The van der Waals surface area contributed by atoms with Crippen molar-refractivity contribution in [3.63, 3.8) is 0 Å². The summed E-state index contributed by atoms with van der Waals surface area (Å²) < 4.78 is 7.17. The Morgan fingerprint density at radius 2 is 2.05 bits per heavy atom. The Morgan fingerprint density at radius 3 is 2.60 bits per heavy atom. The summed E-state index contributed by atoms with van der Waals surface area (Å²) in [4.78, 5) is 4.45. The zero-order valence-corrected chi connectivity index (χ0v) is 12.5. The monoisotopic (exact) mass is 273 g/mol. The van der Waals surface area contributed by atoms with Crippen LogP contribution >= 0.6 is 0 Å². The van der Waals surface area contributed by atoms with Crippen LogP contribution in [0.1, 0.15) is 30.6 Å². The molecule has 0 amide bonds. The molecule has 1 N–H and O–H groups in total. The van der Waals surface area contributed by atoms with Crippen molar-refractivity contribution in [3.8, 4) is 5.75 Å². The van der Waals surface area contributed by atoms with Gasteiger partial charge in [0.2, 0.25) is 0 Å². The number of imidazole rings is 1. The van der Waals surface area contributed by atoms with E-state index in [1.165, 1.54) is 5.56 Å². The van der Waals surface area contributed by atoms with Crippen LogP contribution in [-0.4, -0.2) is 23.2 Å². The van der Waals surface area contributed by atoms with Gasteiger partial charge in [0.1, 0.15) is 5.75 Å². The van der Waals surface area contributed by atoms with Crippen LogP contribution in [0.3, 0.4) is 0 Å². The van der Waals surface area contributed by atoms with Crippen LogP contribution in [0.15, 0.2) is 36.8 Å². The van der Waals surface area contributed by atoms with E-state index in [0.717, 1.165) is 30.8 Å². The molecule has 1 aromatic heterocycles. The fourth-order valence-electron chi connectivity index (χ4n) is 2.32. The van der Waals surface area contributed by atoms with E-state index >= 15 is 0 Å². The zero-order chi connectivity index (χ0) is 14.4. The minimum Gasteiger partial charge on any atom is -0.497 e. The van der Waals surface area contributed by atoms with E-state index in [1.807, 2.05) is 30.1 Å². The van der Waals surface area contributed by atoms with Gasteiger partial charge in [-0.1, -0.05) is 19.1 Å². The molecule has 4 heteroatoms. The van der Waals surface area contributed by atoms with Crippen LogP contribution in [0.4, 0.5) is 0 Å². The highest BCUT2D eigenvalue weighted by molar-refractivity contribution is 5.27. The van der Waals surface area contributed by atoms with Gasteiger partial charge in [0.05, 0.1) is 25.2 Å². The molecule has 1 atom stereocenters. The van der Waals surface area contributed by atoms with Crippen LogP contribution in [0.25, 0.3) is 0 Å². The lowest BCUT2D eigenvalue weighted by atomic mass is 10.0. The Morgan fingerprint density at radius 1 is 1.30 bits per heavy atom. The number of nitrogens with zero attached hydrogens (tertiary/aromatic N) is 2. The molecule has 0 saturated carbocycles. The predicted octanol–water partition coefficient (Wildman–Crippen LogP) is 2.71. The normalized spacial score (nSPS) is 12.3. The average Bonchev–Trinajstić information content (AvgIpc) is 2.90. The number of hydrogen-bond acceptors (Lipinski definition) is 3. The average molecular weight is 273 g/mol. The molecule has 1 aromatic carbocycles. The fraction of sp³-hybridized carbons (Fsp3) is 0.438. The number of aryl methyl sites for hydroxylation is 2. The lowest BCUT2D eigenvalue weighted by Crippen LogP contribution is -2.21. The molecule has 0 bridgehead atoms. The maximum absolute atomic E-state index is 5.18. The molecule has 1 heterocycles. The number of hydrogen-bond donors (Lipinski definition) is 1. The SMILES string of the molecule is CCNC(CCc1ccc(OC)cc1)c1cn(C)cn1. The molecule has 0 saturated heterocycles. The second kappa shape index (κ2) is 7.10. The van der Waals surface area contributed by atoms with E-state index in [9.17, 15) is 0 Å². The van der Waals surface area contributed by atoms with E-state index in [1.54, 1.807) is 7.11 Å². The van der Waals surface area contributed by atoms with E-state index in [4.69, 9.17) is 4.74 Å². The Kier molecular flexibility index (Phi) is 5.18. The summed E-state index contributed by atoms with van der Waals surface area (Å²) >= 11 is 0. The maximum Gasteiger partial charge on any atom is 0.118 e. The van der Waals surface area contributed by atoms with Crippen LogP contribution in [0.5, 0.6) is 5.75 Å². The second-order valence-electron chi connectivity index (χ2n) is 4.96. The molecular formula is C16H23N3O. The second-order valence-corrected chi connectivity index (χ2v) is 4.96. The molecule has 0 fully saturated rings. The molecule has 4 nitrogen and oxygen atoms in total. The van der Waals surface area contributed by atoms with Crippen molar-refractivity contribution < 1.29 is 4.74 Å². The molecule has 1 unspecified atom stereocenters. The third-order valence-electron chi connectivity index (χ3n) is 3.41. The molecule has 2 aromatic rings. The fourth-order valence-corrected chi connectivity index (χ4v) is 2.32. The zero-order valence-electron chi connectivity index (χ0n) is 12.5. The lowest BCUT2D eigenvalue weighted by Gasteiger charge is -2.15. The molecule has 2 rings (SSSR count). The van der Waals surface area contributed by atoms with Crippen molar-refractivity contribution in [3.05, 3.63) is 48.0 Å². The van der Waals surface area contributed by atoms with Gasteiger partial charge in [-0.25, -0.2) is 4.98 Å². The molecule has 0 radical (unpaired) electrons. The minimum atomic E-state index is 0.309. The molecule has 0 spiro atoms. The van der Waals surface area contributed by atoms with Crippen LogP contribution in [0, 0.1) is 0 Å². The van der Waals surface area contributed by atoms with Crippen LogP contribution in [0.2, 0.25) is 0 Å². The van der Waals surface area contributed by atoms with E-state index in [2.05, 4.69) is 35.6 Å². The molecule has 0 aliphatic rings. The third kappa shape index (κ3) is 3.84. The number of ether oxygens (including phenoxy) is 1. The highest BCUT2D eigenvalue weighted by Crippen LogP contribution is 2.19. The van der Waals surface area contributed by atoms with Gasteiger partial charge in [0.25, 0.3) is 0 Å². The number of rotatable bonds is 7. The summed E-state index contributed by atoms with van der Waals surface area (Å²) in [5.41, 5.74) is 2.44. The van der Waals surface area contributed by atoms with Crippen molar-refractivity contribution in [2.45, 2.75) is 25.8 Å². The lowest BCUT2D eigenvalue weighted by molar-refractivity contribution is 0.414. The van der Waals surface area contributed by atoms with Crippen LogP contribution in [-0.2, 0) is 13.5 Å². The first-order valence-corrected chi connectivity index (χ1v) is 7.07. The summed E-state index contributed by atoms with van der Waals surface area (Å²) in [6.45, 7) is 3.08. The number of methoxy groups -OCH3 is 1. The van der Waals surface area contributed by atoms with Gasteiger partial charge in [0, 0.05) is 13.2 Å². The summed E-state index contributed by atoms with van der Waals surface area (Å²) in [6.07, 6.45) is 6.00. The Hall–Kier alpha value is -1.81. The Labute approximate surface area is 120 Å². The first-order chi connectivity index (χ1) is 9.72. The standard InChI is InChI=1S/C16H23N3O/c1-4-17-15(16-11-19(2)12-18-16)10-7-13-5-8-14(20-3)9-6-13/h5-6,8-9,11-12,15,17H,4,7,10H2,1-3H3. The summed E-state index contributed by atoms with van der Waals surface area (Å²) in [5, 5.41) is 3.50. The largest absolute Gasteiger partial charge is 0.497 e. The molecule has 108 valence electrons. The van der Waals surface area contributed by atoms with Gasteiger partial charge >= 0.3 is 0 Å². The third-order valence-corrected chi connectivity index (χ3v) is 3.41.